The lowest BCUT2D eigenvalue weighted by molar-refractivity contribution is 0.0935. The Morgan fingerprint density at radius 1 is 1.24 bits per heavy atom. The van der Waals surface area contributed by atoms with Crippen LogP contribution in [0.15, 0.2) is 24.3 Å². The molecule has 3 nitrogen and oxygen atoms in total. The van der Waals surface area contributed by atoms with Crippen molar-refractivity contribution in [1.29, 1.82) is 0 Å². The first kappa shape index (κ1) is 16.0. The maximum absolute atomic E-state index is 12.2. The van der Waals surface area contributed by atoms with Gasteiger partial charge < -0.3 is 5.32 Å². The molecule has 1 aliphatic rings. The van der Waals surface area contributed by atoms with E-state index in [-0.39, 0.29) is 5.91 Å². The van der Waals surface area contributed by atoms with Crippen molar-refractivity contribution < 1.29 is 4.79 Å². The van der Waals surface area contributed by atoms with E-state index < -0.39 is 0 Å². The van der Waals surface area contributed by atoms with Gasteiger partial charge in [-0.2, -0.15) is 0 Å². The van der Waals surface area contributed by atoms with Crippen molar-refractivity contribution in [3.05, 3.63) is 35.4 Å². The lowest BCUT2D eigenvalue weighted by Gasteiger charge is -2.28. The summed E-state index contributed by atoms with van der Waals surface area (Å²) in [7, 11) is 0. The van der Waals surface area contributed by atoms with Crippen LogP contribution in [-0.4, -0.2) is 36.0 Å². The molecule has 1 aromatic carbocycles. The summed E-state index contributed by atoms with van der Waals surface area (Å²) in [6.45, 7) is 10.7. The molecule has 1 amide bonds. The van der Waals surface area contributed by atoms with E-state index in [4.69, 9.17) is 0 Å². The van der Waals surface area contributed by atoms with Crippen molar-refractivity contribution in [2.45, 2.75) is 58.5 Å². The molecule has 1 heterocycles. The predicted octanol–water partition coefficient (Wildman–Crippen LogP) is 3.41. The van der Waals surface area contributed by atoms with E-state index in [1.165, 1.54) is 18.4 Å². The second-order valence-corrected chi connectivity index (χ2v) is 6.61. The lowest BCUT2D eigenvalue weighted by atomic mass is 10.0. The topological polar surface area (TPSA) is 32.3 Å². The molecule has 116 valence electrons. The third kappa shape index (κ3) is 4.07. The molecule has 0 spiro atoms. The molecule has 0 aliphatic carbocycles. The maximum Gasteiger partial charge on any atom is 0.251 e. The summed E-state index contributed by atoms with van der Waals surface area (Å²) >= 11 is 0. The van der Waals surface area contributed by atoms with Gasteiger partial charge in [-0.05, 0) is 56.8 Å². The van der Waals surface area contributed by atoms with Crippen molar-refractivity contribution in [2.24, 2.45) is 0 Å². The summed E-state index contributed by atoms with van der Waals surface area (Å²) in [5, 5.41) is 3.09. The maximum atomic E-state index is 12.2. The average molecular weight is 288 g/mol. The third-order valence-corrected chi connectivity index (χ3v) is 4.42. The zero-order chi connectivity index (χ0) is 15.4. The highest BCUT2D eigenvalue weighted by atomic mass is 16.1. The van der Waals surface area contributed by atoms with Crippen molar-refractivity contribution in [3.8, 4) is 0 Å². The molecule has 0 bridgehead atoms. The second kappa shape index (κ2) is 7.08. The van der Waals surface area contributed by atoms with Crippen molar-refractivity contribution in [3.63, 3.8) is 0 Å². The summed E-state index contributed by atoms with van der Waals surface area (Å²) in [6.07, 6.45) is 2.42. The van der Waals surface area contributed by atoms with Crippen LogP contribution in [0.25, 0.3) is 0 Å². The molecule has 3 heteroatoms. The summed E-state index contributed by atoms with van der Waals surface area (Å²) in [4.78, 5) is 14.7. The fourth-order valence-corrected chi connectivity index (χ4v) is 3.09. The van der Waals surface area contributed by atoms with E-state index >= 15 is 0 Å². The standard InChI is InChI=1S/C18H28N2O/c1-13(2)15-7-9-16(10-8-15)18(21)19-12-17-6-5-11-20(17)14(3)4/h7-10,13-14,17H,5-6,11-12H2,1-4H3,(H,19,21)/t17-/m0/s1. The molecule has 2 rings (SSSR count). The first-order chi connectivity index (χ1) is 9.99. The predicted molar refractivity (Wildman–Crippen MR) is 87.7 cm³/mol. The van der Waals surface area contributed by atoms with Crippen LogP contribution >= 0.6 is 0 Å². The van der Waals surface area contributed by atoms with Crippen LogP contribution in [0.3, 0.4) is 0 Å². The van der Waals surface area contributed by atoms with Gasteiger partial charge in [0.2, 0.25) is 0 Å². The Hall–Kier alpha value is -1.35. The van der Waals surface area contributed by atoms with Gasteiger partial charge in [-0.15, -0.1) is 0 Å². The van der Waals surface area contributed by atoms with Crippen LogP contribution in [-0.2, 0) is 0 Å². The largest absolute Gasteiger partial charge is 0.350 e. The molecular weight excluding hydrogens is 260 g/mol. The van der Waals surface area contributed by atoms with Crippen molar-refractivity contribution >= 4 is 5.91 Å². The first-order valence-corrected chi connectivity index (χ1v) is 8.13. The van der Waals surface area contributed by atoms with Gasteiger partial charge in [0.05, 0.1) is 0 Å². The molecule has 1 aliphatic heterocycles. The van der Waals surface area contributed by atoms with E-state index in [1.54, 1.807) is 0 Å². The number of hydrogen-bond acceptors (Lipinski definition) is 2. The van der Waals surface area contributed by atoms with Crippen LogP contribution in [0.4, 0.5) is 0 Å². The minimum atomic E-state index is 0.0425. The number of likely N-dealkylation sites (tertiary alicyclic amines) is 1. The summed E-state index contributed by atoms with van der Waals surface area (Å²) in [5.74, 6) is 0.543. The molecule has 0 saturated carbocycles. The van der Waals surface area contributed by atoms with E-state index in [1.807, 2.05) is 12.1 Å². The SMILES string of the molecule is CC(C)c1ccc(C(=O)NC[C@@H]2CCCN2C(C)C)cc1. The number of nitrogens with zero attached hydrogens (tertiary/aromatic N) is 1. The molecular formula is C18H28N2O. The fraction of sp³-hybridized carbons (Fsp3) is 0.611. The second-order valence-electron chi connectivity index (χ2n) is 6.61. The molecule has 1 N–H and O–H groups in total. The van der Waals surface area contributed by atoms with Crippen molar-refractivity contribution in [1.82, 2.24) is 10.2 Å². The van der Waals surface area contributed by atoms with Crippen molar-refractivity contribution in [2.75, 3.05) is 13.1 Å². The van der Waals surface area contributed by atoms with E-state index in [0.717, 1.165) is 18.7 Å². The Kier molecular flexibility index (Phi) is 5.40. The molecule has 1 fully saturated rings. The van der Waals surface area contributed by atoms with Gasteiger partial charge >= 0.3 is 0 Å². The van der Waals surface area contributed by atoms with E-state index in [9.17, 15) is 4.79 Å². The van der Waals surface area contributed by atoms with Gasteiger partial charge in [0.15, 0.2) is 0 Å². The number of benzene rings is 1. The summed E-state index contributed by atoms with van der Waals surface area (Å²) in [5.41, 5.74) is 2.03. The molecule has 0 aromatic heterocycles. The van der Waals surface area contributed by atoms with Gasteiger partial charge in [-0.3, -0.25) is 9.69 Å². The Labute approximate surface area is 128 Å². The molecule has 1 aromatic rings. The summed E-state index contributed by atoms with van der Waals surface area (Å²) < 4.78 is 0. The van der Waals surface area contributed by atoms with E-state index in [0.29, 0.717) is 18.0 Å². The number of carbonyl (C=O) groups is 1. The average Bonchev–Trinajstić information content (AvgIpc) is 2.93. The molecule has 0 radical (unpaired) electrons. The number of rotatable bonds is 5. The smallest absolute Gasteiger partial charge is 0.251 e. The highest BCUT2D eigenvalue weighted by Gasteiger charge is 2.26. The Morgan fingerprint density at radius 2 is 1.90 bits per heavy atom. The van der Waals surface area contributed by atoms with Crippen LogP contribution in [0.2, 0.25) is 0 Å². The zero-order valence-corrected chi connectivity index (χ0v) is 13.7. The molecule has 0 unspecified atom stereocenters. The lowest BCUT2D eigenvalue weighted by Crippen LogP contribution is -2.43. The van der Waals surface area contributed by atoms with Crippen LogP contribution in [0, 0.1) is 0 Å². The number of nitrogens with one attached hydrogen (secondary N) is 1. The Morgan fingerprint density at radius 3 is 2.48 bits per heavy atom. The summed E-state index contributed by atoms with van der Waals surface area (Å²) in [6, 6.07) is 9.01. The van der Waals surface area contributed by atoms with Gasteiger partial charge in [0, 0.05) is 24.2 Å². The monoisotopic (exact) mass is 288 g/mol. The minimum Gasteiger partial charge on any atom is -0.350 e. The highest BCUT2D eigenvalue weighted by Crippen LogP contribution is 2.19. The minimum absolute atomic E-state index is 0.0425. The molecule has 1 saturated heterocycles. The Balaban J connectivity index is 1.89. The van der Waals surface area contributed by atoms with Crippen LogP contribution in [0.5, 0.6) is 0 Å². The fourth-order valence-electron chi connectivity index (χ4n) is 3.09. The first-order valence-electron chi connectivity index (χ1n) is 8.13. The quantitative estimate of drug-likeness (QED) is 0.900. The molecule has 1 atom stereocenters. The molecule has 21 heavy (non-hydrogen) atoms. The van der Waals surface area contributed by atoms with Crippen LogP contribution < -0.4 is 5.32 Å². The normalized spacial score (nSPS) is 19.4. The van der Waals surface area contributed by atoms with Gasteiger partial charge in [-0.25, -0.2) is 0 Å². The van der Waals surface area contributed by atoms with E-state index in [2.05, 4.69) is 50.0 Å². The van der Waals surface area contributed by atoms with Gasteiger partial charge in [0.25, 0.3) is 5.91 Å². The zero-order valence-electron chi connectivity index (χ0n) is 13.7. The Bertz CT molecular complexity index is 465. The third-order valence-electron chi connectivity index (χ3n) is 4.42. The number of hydrogen-bond donors (Lipinski definition) is 1. The van der Waals surface area contributed by atoms with Gasteiger partial charge in [-0.1, -0.05) is 26.0 Å². The van der Waals surface area contributed by atoms with Crippen LogP contribution in [0.1, 0.15) is 62.4 Å². The van der Waals surface area contributed by atoms with Gasteiger partial charge in [0.1, 0.15) is 0 Å². The number of amides is 1. The highest BCUT2D eigenvalue weighted by molar-refractivity contribution is 5.94. The number of carbonyl (C=O) groups excluding carboxylic acids is 1.